The lowest BCUT2D eigenvalue weighted by atomic mass is 9.44. The summed E-state index contributed by atoms with van der Waals surface area (Å²) >= 11 is 0. The maximum atomic E-state index is 15.4. The lowest BCUT2D eigenvalue weighted by Gasteiger charge is -2.67. The van der Waals surface area contributed by atoms with Crippen LogP contribution in [-0.4, -0.2) is 111 Å². The van der Waals surface area contributed by atoms with Gasteiger partial charge in [0.15, 0.2) is 23.6 Å². The van der Waals surface area contributed by atoms with Crippen LogP contribution in [0.25, 0.3) is 0 Å². The molecular formula is C43H49NO14. The van der Waals surface area contributed by atoms with Crippen LogP contribution in [0.5, 0.6) is 0 Å². The summed E-state index contributed by atoms with van der Waals surface area (Å²) in [5.41, 5.74) is -8.49. The van der Waals surface area contributed by atoms with Crippen molar-refractivity contribution in [3.8, 4) is 0 Å². The highest BCUT2D eigenvalue weighted by Crippen LogP contribution is 2.64. The van der Waals surface area contributed by atoms with Gasteiger partial charge in [0.05, 0.1) is 35.1 Å². The zero-order valence-corrected chi connectivity index (χ0v) is 33.2. The highest BCUT2D eigenvalue weighted by Gasteiger charge is 2.78. The van der Waals surface area contributed by atoms with Crippen LogP contribution in [-0.2, 0) is 42.9 Å². The molecule has 2 bridgehead atoms. The van der Waals surface area contributed by atoms with E-state index in [1.165, 1.54) is 26.0 Å². The molecule has 15 nitrogen and oxygen atoms in total. The van der Waals surface area contributed by atoms with Crippen molar-refractivity contribution in [2.45, 2.75) is 121 Å². The van der Waals surface area contributed by atoms with E-state index in [0.717, 1.165) is 13.8 Å². The summed E-state index contributed by atoms with van der Waals surface area (Å²) in [6, 6.07) is 16.1. The summed E-state index contributed by atoms with van der Waals surface area (Å²) in [5, 5.41) is 39.8. The number of nitrogens with one attached hydrogen (secondary N) is 1. The number of ether oxygens (including phenoxy) is 5. The second kappa shape index (κ2) is 14.4. The van der Waals surface area contributed by atoms with Crippen LogP contribution >= 0.6 is 0 Å². The minimum Gasteiger partial charge on any atom is -0.456 e. The Morgan fingerprint density at radius 3 is 2.02 bits per heavy atom. The molecule has 2 aromatic carbocycles. The first-order valence-corrected chi connectivity index (χ1v) is 19.4. The Morgan fingerprint density at radius 2 is 1.48 bits per heavy atom. The number of rotatable bonds is 9. The summed E-state index contributed by atoms with van der Waals surface area (Å²) in [5.74, 6) is -6.60. The van der Waals surface area contributed by atoms with E-state index in [4.69, 9.17) is 23.7 Å². The van der Waals surface area contributed by atoms with Gasteiger partial charge in [0.1, 0.15) is 23.9 Å². The first-order chi connectivity index (χ1) is 27.2. The molecule has 1 aliphatic heterocycles. The van der Waals surface area contributed by atoms with Crippen LogP contribution in [0.3, 0.4) is 0 Å². The molecule has 4 aliphatic carbocycles. The van der Waals surface area contributed by atoms with Gasteiger partial charge in [-0.05, 0) is 62.1 Å². The van der Waals surface area contributed by atoms with Crippen LogP contribution in [0.4, 0.5) is 0 Å². The number of hydrogen-bond acceptors (Lipinski definition) is 14. The maximum absolute atomic E-state index is 15.4. The highest BCUT2D eigenvalue weighted by atomic mass is 16.6. The monoisotopic (exact) mass is 803 g/mol. The van der Waals surface area contributed by atoms with Crippen molar-refractivity contribution in [1.29, 1.82) is 0 Å². The van der Waals surface area contributed by atoms with Gasteiger partial charge in [-0.3, -0.25) is 19.2 Å². The zero-order chi connectivity index (χ0) is 42.2. The van der Waals surface area contributed by atoms with Gasteiger partial charge in [0.25, 0.3) is 5.91 Å². The third-order valence-electron chi connectivity index (χ3n) is 13.4. The van der Waals surface area contributed by atoms with E-state index in [-0.39, 0.29) is 42.6 Å². The fourth-order valence-electron chi connectivity index (χ4n) is 9.94. The summed E-state index contributed by atoms with van der Waals surface area (Å²) < 4.78 is 30.1. The Balaban J connectivity index is 1.37. The van der Waals surface area contributed by atoms with Gasteiger partial charge in [0, 0.05) is 37.7 Å². The third-order valence-corrected chi connectivity index (χ3v) is 13.4. The number of esters is 4. The number of aliphatic hydroxyl groups is 3. The second-order valence-corrected chi connectivity index (χ2v) is 17.1. The zero-order valence-electron chi connectivity index (χ0n) is 33.2. The fourth-order valence-corrected chi connectivity index (χ4v) is 9.94. The molecule has 310 valence electrons. The minimum atomic E-state index is -2.35. The molecule has 7 rings (SSSR count). The number of hydrogen-bond donors (Lipinski definition) is 4. The smallest absolute Gasteiger partial charge is 0.338 e. The Hall–Kier alpha value is -4.96. The normalized spacial score (nSPS) is 34.6. The molecule has 10 atom stereocenters. The van der Waals surface area contributed by atoms with Crippen molar-refractivity contribution in [2.75, 3.05) is 6.61 Å². The lowest BCUT2D eigenvalue weighted by Crippen LogP contribution is -2.82. The van der Waals surface area contributed by atoms with Crippen LogP contribution in [0, 0.1) is 16.7 Å². The standard InChI is InChI=1S/C43H49NO14/c1-22-27(56-38(52)34(49)41(17-18-41)44-36(50)25-13-9-7-10-14-25)20-43(53)35(57-37(51)26-15-11-8-12-16-26)32-40(6,28(47)19-29-42(32,21-54-29)58-24(3)46)33(48)31(55-23(2)45)30(22)39(43,4)5/h7-16,27-29,31-32,34-35,47,49,53H,17-21H2,1-6H3,(H,44,50)/t27-,28-,29+,31+,32-,34+,35-,40+,42-,43+/m0/s1. The van der Waals surface area contributed by atoms with E-state index < -0.39 is 112 Å². The molecule has 4 fully saturated rings. The van der Waals surface area contributed by atoms with Crippen LogP contribution in [0.15, 0.2) is 71.8 Å². The van der Waals surface area contributed by atoms with Gasteiger partial charge in [-0.2, -0.15) is 0 Å². The topological polar surface area (TPSA) is 221 Å². The molecule has 58 heavy (non-hydrogen) atoms. The van der Waals surface area contributed by atoms with Gasteiger partial charge in [-0.1, -0.05) is 50.2 Å². The Labute approximate surface area is 335 Å². The van der Waals surface area contributed by atoms with Crippen molar-refractivity contribution < 1.29 is 67.8 Å². The first kappa shape index (κ1) is 41.2. The molecule has 0 spiro atoms. The molecule has 0 unspecified atom stereocenters. The van der Waals surface area contributed by atoms with Gasteiger partial charge in [-0.25, -0.2) is 9.59 Å². The van der Waals surface area contributed by atoms with E-state index in [9.17, 15) is 39.3 Å². The molecule has 15 heteroatoms. The predicted octanol–water partition coefficient (Wildman–Crippen LogP) is 2.53. The summed E-state index contributed by atoms with van der Waals surface area (Å²) in [7, 11) is 0. The molecule has 0 aromatic heterocycles. The number of ketones is 1. The van der Waals surface area contributed by atoms with Crippen molar-refractivity contribution in [3.05, 3.63) is 82.9 Å². The van der Waals surface area contributed by atoms with E-state index in [1.807, 2.05) is 0 Å². The second-order valence-electron chi connectivity index (χ2n) is 17.1. The molecule has 1 saturated heterocycles. The van der Waals surface area contributed by atoms with Gasteiger partial charge >= 0.3 is 23.9 Å². The summed E-state index contributed by atoms with van der Waals surface area (Å²) in [6.07, 6.45) is -9.61. The minimum absolute atomic E-state index is 0.0217. The molecule has 3 saturated carbocycles. The number of amides is 1. The van der Waals surface area contributed by atoms with Crippen LogP contribution in [0.1, 0.15) is 87.9 Å². The van der Waals surface area contributed by atoms with Gasteiger partial charge in [0.2, 0.25) is 0 Å². The molecule has 1 amide bonds. The van der Waals surface area contributed by atoms with Crippen molar-refractivity contribution in [2.24, 2.45) is 16.7 Å². The Bertz CT molecular complexity index is 2060. The van der Waals surface area contributed by atoms with Crippen LogP contribution < -0.4 is 5.32 Å². The number of fused-ring (bicyclic) bond motifs is 5. The Kier molecular flexibility index (Phi) is 10.2. The van der Waals surface area contributed by atoms with Gasteiger partial charge in [-0.15, -0.1) is 0 Å². The van der Waals surface area contributed by atoms with Gasteiger partial charge < -0.3 is 44.3 Å². The molecule has 0 radical (unpaired) electrons. The summed E-state index contributed by atoms with van der Waals surface area (Å²) in [4.78, 5) is 82.4. The van der Waals surface area contributed by atoms with Crippen LogP contribution in [0.2, 0.25) is 0 Å². The maximum Gasteiger partial charge on any atom is 0.338 e. The Morgan fingerprint density at radius 1 is 0.879 bits per heavy atom. The average Bonchev–Trinajstić information content (AvgIpc) is 3.96. The number of carbonyl (C=O) groups excluding carboxylic acids is 6. The SMILES string of the molecule is CC(=O)O[C@H]1C(=O)[C@@]2(C)[C@H]([C@H](OC(=O)c3ccccc3)[C@]3(O)C[C@H](OC(=O)[C@@H](O)C4(NC(=O)c5ccccc5)CC4)C(C)=C1C3(C)C)[C@]1(OC(C)=O)CO[C@@H]1C[C@@H]2O. The largest absolute Gasteiger partial charge is 0.456 e. The van der Waals surface area contributed by atoms with E-state index in [0.29, 0.717) is 5.56 Å². The highest BCUT2D eigenvalue weighted by molar-refractivity contribution is 5.96. The third kappa shape index (κ3) is 6.33. The number of benzene rings is 2. The predicted molar refractivity (Wildman–Crippen MR) is 200 cm³/mol. The lowest BCUT2D eigenvalue weighted by molar-refractivity contribution is -0.346. The number of aliphatic hydroxyl groups excluding tert-OH is 2. The van der Waals surface area contributed by atoms with E-state index in [1.54, 1.807) is 62.4 Å². The summed E-state index contributed by atoms with van der Waals surface area (Å²) in [6.45, 7) is 8.03. The molecule has 4 N–H and O–H groups in total. The van der Waals surface area contributed by atoms with E-state index >= 15 is 4.79 Å². The number of carbonyl (C=O) groups is 6. The fraction of sp³-hybridized carbons (Fsp3) is 0.535. The van der Waals surface area contributed by atoms with Crippen molar-refractivity contribution in [3.63, 3.8) is 0 Å². The van der Waals surface area contributed by atoms with Crippen molar-refractivity contribution >= 4 is 35.6 Å². The average molecular weight is 804 g/mol. The molecule has 5 aliphatic rings. The van der Waals surface area contributed by atoms with Crippen molar-refractivity contribution in [1.82, 2.24) is 5.32 Å². The quantitative estimate of drug-likeness (QED) is 0.163. The molecule has 1 heterocycles. The first-order valence-electron chi connectivity index (χ1n) is 19.4. The van der Waals surface area contributed by atoms with E-state index in [2.05, 4.69) is 5.32 Å². The molecular weight excluding hydrogens is 754 g/mol. The molecule has 2 aromatic rings. The number of Topliss-reactive ketones (excluding diaryl/α,β-unsaturated/α-hetero) is 1.